The summed E-state index contributed by atoms with van der Waals surface area (Å²) in [5.74, 6) is 0.326. The van der Waals surface area contributed by atoms with Gasteiger partial charge in [0.1, 0.15) is 5.82 Å². The number of aromatic nitrogens is 3. The fraction of sp³-hybridized carbons (Fsp3) is 0.133. The van der Waals surface area contributed by atoms with Crippen molar-refractivity contribution < 1.29 is 14.0 Å². The molecular weight excluding hydrogens is 273 g/mol. The lowest BCUT2D eigenvalue weighted by atomic mass is 10.1. The standard InChI is InChI=1S/C15H12FN3O2/c16-12-3-1-2-11(8-12)13(20)9-14-18-15(19-21-14)10-4-6-17-7-5-10/h1-8,13,20H,9H2/t13-/m0/s1. The molecule has 5 nitrogen and oxygen atoms in total. The number of hydrogen-bond acceptors (Lipinski definition) is 5. The summed E-state index contributed by atoms with van der Waals surface area (Å²) in [5, 5.41) is 13.9. The first-order valence-corrected chi connectivity index (χ1v) is 6.39. The van der Waals surface area contributed by atoms with Crippen molar-refractivity contribution in [1.29, 1.82) is 0 Å². The predicted molar refractivity (Wildman–Crippen MR) is 72.6 cm³/mol. The van der Waals surface area contributed by atoms with E-state index < -0.39 is 11.9 Å². The lowest BCUT2D eigenvalue weighted by molar-refractivity contribution is 0.164. The molecule has 2 heterocycles. The van der Waals surface area contributed by atoms with E-state index in [4.69, 9.17) is 4.52 Å². The summed E-state index contributed by atoms with van der Waals surface area (Å²) in [6, 6.07) is 9.32. The molecule has 0 bridgehead atoms. The predicted octanol–water partition coefficient (Wildman–Crippen LogP) is 2.55. The van der Waals surface area contributed by atoms with Crippen molar-refractivity contribution >= 4 is 0 Å². The van der Waals surface area contributed by atoms with Gasteiger partial charge in [-0.3, -0.25) is 4.98 Å². The average Bonchev–Trinajstić information content (AvgIpc) is 2.97. The fourth-order valence-corrected chi connectivity index (χ4v) is 1.95. The number of aliphatic hydroxyl groups excluding tert-OH is 1. The zero-order valence-electron chi connectivity index (χ0n) is 11.0. The van der Waals surface area contributed by atoms with Gasteiger partial charge in [-0.15, -0.1) is 0 Å². The highest BCUT2D eigenvalue weighted by atomic mass is 19.1. The van der Waals surface area contributed by atoms with Gasteiger partial charge in [-0.1, -0.05) is 17.3 Å². The molecule has 0 fully saturated rings. The van der Waals surface area contributed by atoms with Gasteiger partial charge < -0.3 is 9.63 Å². The van der Waals surface area contributed by atoms with Crippen molar-refractivity contribution in [3.05, 3.63) is 66.1 Å². The molecule has 0 spiro atoms. The van der Waals surface area contributed by atoms with Gasteiger partial charge >= 0.3 is 0 Å². The van der Waals surface area contributed by atoms with Crippen molar-refractivity contribution in [2.24, 2.45) is 0 Å². The maximum Gasteiger partial charge on any atom is 0.229 e. The molecule has 3 aromatic rings. The summed E-state index contributed by atoms with van der Waals surface area (Å²) in [6.07, 6.45) is 2.49. The Kier molecular flexibility index (Phi) is 3.70. The van der Waals surface area contributed by atoms with Crippen LogP contribution in [-0.4, -0.2) is 20.2 Å². The molecular formula is C15H12FN3O2. The van der Waals surface area contributed by atoms with Gasteiger partial charge in [-0.05, 0) is 29.8 Å². The highest BCUT2D eigenvalue weighted by Crippen LogP contribution is 2.20. The zero-order valence-corrected chi connectivity index (χ0v) is 11.0. The summed E-state index contributed by atoms with van der Waals surface area (Å²) < 4.78 is 18.2. The second kappa shape index (κ2) is 5.80. The van der Waals surface area contributed by atoms with Crippen LogP contribution in [0.25, 0.3) is 11.4 Å². The Hall–Kier alpha value is -2.60. The Bertz CT molecular complexity index is 731. The molecule has 2 aromatic heterocycles. The number of benzene rings is 1. The monoisotopic (exact) mass is 285 g/mol. The smallest absolute Gasteiger partial charge is 0.229 e. The molecule has 1 atom stereocenters. The molecule has 6 heteroatoms. The second-order valence-corrected chi connectivity index (χ2v) is 4.52. The minimum Gasteiger partial charge on any atom is -0.388 e. The lowest BCUT2D eigenvalue weighted by Gasteiger charge is -2.07. The molecule has 0 amide bonds. The first-order chi connectivity index (χ1) is 10.2. The SMILES string of the molecule is O[C@@H](Cc1nc(-c2ccncc2)no1)c1cccc(F)c1. The zero-order chi connectivity index (χ0) is 14.7. The highest BCUT2D eigenvalue weighted by Gasteiger charge is 2.15. The van der Waals surface area contributed by atoms with E-state index in [1.807, 2.05) is 0 Å². The summed E-state index contributed by atoms with van der Waals surface area (Å²) in [7, 11) is 0. The normalized spacial score (nSPS) is 12.3. The van der Waals surface area contributed by atoms with Gasteiger partial charge in [0.2, 0.25) is 11.7 Å². The molecule has 1 N–H and O–H groups in total. The Labute approximate surface area is 120 Å². The van der Waals surface area contributed by atoms with E-state index in [2.05, 4.69) is 15.1 Å². The van der Waals surface area contributed by atoms with Gasteiger partial charge in [-0.2, -0.15) is 4.98 Å². The Morgan fingerprint density at radius 1 is 1.19 bits per heavy atom. The molecule has 0 aliphatic rings. The summed E-state index contributed by atoms with van der Waals surface area (Å²) in [4.78, 5) is 8.12. The fourth-order valence-electron chi connectivity index (χ4n) is 1.95. The van der Waals surface area contributed by atoms with Gasteiger partial charge in [0.15, 0.2) is 0 Å². The van der Waals surface area contributed by atoms with Crippen LogP contribution >= 0.6 is 0 Å². The average molecular weight is 285 g/mol. The van der Waals surface area contributed by atoms with Crippen molar-refractivity contribution in [3.63, 3.8) is 0 Å². The van der Waals surface area contributed by atoms with Gasteiger partial charge in [0, 0.05) is 18.0 Å². The minimum absolute atomic E-state index is 0.127. The molecule has 0 aliphatic heterocycles. The van der Waals surface area contributed by atoms with Gasteiger partial charge in [0.05, 0.1) is 12.5 Å². The second-order valence-electron chi connectivity index (χ2n) is 4.52. The van der Waals surface area contributed by atoms with E-state index >= 15 is 0 Å². The first-order valence-electron chi connectivity index (χ1n) is 6.39. The Morgan fingerprint density at radius 2 is 2.00 bits per heavy atom. The third-order valence-corrected chi connectivity index (χ3v) is 3.01. The van der Waals surface area contributed by atoms with E-state index in [1.54, 1.807) is 36.7 Å². The number of aliphatic hydroxyl groups is 1. The molecule has 0 unspecified atom stereocenters. The molecule has 0 saturated carbocycles. The molecule has 3 rings (SSSR count). The molecule has 0 aliphatic carbocycles. The third kappa shape index (κ3) is 3.11. The van der Waals surface area contributed by atoms with Gasteiger partial charge in [-0.25, -0.2) is 4.39 Å². The van der Waals surface area contributed by atoms with E-state index in [1.165, 1.54) is 12.1 Å². The van der Waals surface area contributed by atoms with Crippen molar-refractivity contribution in [2.75, 3.05) is 0 Å². The lowest BCUT2D eigenvalue weighted by Crippen LogP contribution is -2.02. The number of rotatable bonds is 4. The number of pyridine rings is 1. The van der Waals surface area contributed by atoms with Crippen LogP contribution in [0, 0.1) is 5.82 Å². The largest absolute Gasteiger partial charge is 0.388 e. The summed E-state index contributed by atoms with van der Waals surface area (Å²) in [5.41, 5.74) is 1.25. The van der Waals surface area contributed by atoms with Gasteiger partial charge in [0.25, 0.3) is 0 Å². The molecule has 21 heavy (non-hydrogen) atoms. The van der Waals surface area contributed by atoms with E-state index in [0.29, 0.717) is 17.3 Å². The molecule has 106 valence electrons. The molecule has 1 aromatic carbocycles. The third-order valence-electron chi connectivity index (χ3n) is 3.01. The van der Waals surface area contributed by atoms with E-state index in [0.717, 1.165) is 5.56 Å². The quantitative estimate of drug-likeness (QED) is 0.797. The van der Waals surface area contributed by atoms with Crippen LogP contribution < -0.4 is 0 Å². The summed E-state index contributed by atoms with van der Waals surface area (Å²) in [6.45, 7) is 0. The Morgan fingerprint density at radius 3 is 2.76 bits per heavy atom. The van der Waals surface area contributed by atoms with Crippen LogP contribution in [0.15, 0.2) is 53.3 Å². The maximum absolute atomic E-state index is 13.1. The number of nitrogens with zero attached hydrogens (tertiary/aromatic N) is 3. The Balaban J connectivity index is 1.75. The van der Waals surface area contributed by atoms with Crippen LogP contribution in [0.1, 0.15) is 17.6 Å². The van der Waals surface area contributed by atoms with Crippen molar-refractivity contribution in [1.82, 2.24) is 15.1 Å². The molecule has 0 radical (unpaired) electrons. The van der Waals surface area contributed by atoms with E-state index in [-0.39, 0.29) is 6.42 Å². The summed E-state index contributed by atoms with van der Waals surface area (Å²) >= 11 is 0. The van der Waals surface area contributed by atoms with Crippen molar-refractivity contribution in [3.8, 4) is 11.4 Å². The minimum atomic E-state index is -0.897. The van der Waals surface area contributed by atoms with Crippen LogP contribution in [0.2, 0.25) is 0 Å². The topological polar surface area (TPSA) is 72.0 Å². The van der Waals surface area contributed by atoms with Crippen LogP contribution in [0.4, 0.5) is 4.39 Å². The highest BCUT2D eigenvalue weighted by molar-refractivity contribution is 5.52. The first kappa shape index (κ1) is 13.4. The molecule has 0 saturated heterocycles. The number of hydrogen-bond donors (Lipinski definition) is 1. The van der Waals surface area contributed by atoms with E-state index in [9.17, 15) is 9.50 Å². The van der Waals surface area contributed by atoms with Crippen molar-refractivity contribution in [2.45, 2.75) is 12.5 Å². The number of halogens is 1. The van der Waals surface area contributed by atoms with Crippen LogP contribution in [-0.2, 0) is 6.42 Å². The van der Waals surface area contributed by atoms with Crippen LogP contribution in [0.5, 0.6) is 0 Å². The van der Waals surface area contributed by atoms with Crippen LogP contribution in [0.3, 0.4) is 0 Å². The maximum atomic E-state index is 13.1.